The fourth-order valence-electron chi connectivity index (χ4n) is 1.67. The molecule has 1 N–H and O–H groups in total. The maximum atomic E-state index is 12.7. The number of halogens is 2. The van der Waals surface area contributed by atoms with Crippen LogP contribution in [0.2, 0.25) is 5.15 Å². The molecule has 0 aromatic carbocycles. The van der Waals surface area contributed by atoms with Crippen molar-refractivity contribution in [1.82, 2.24) is 9.97 Å². The summed E-state index contributed by atoms with van der Waals surface area (Å²) in [4.78, 5) is 19.9. The highest BCUT2D eigenvalue weighted by Gasteiger charge is 2.19. The van der Waals surface area contributed by atoms with Gasteiger partial charge in [0.1, 0.15) is 5.15 Å². The predicted molar refractivity (Wildman–Crippen MR) is 80.1 cm³/mol. The molecule has 0 aliphatic carbocycles. The number of nitrogens with zero attached hydrogens (tertiary/aromatic N) is 2. The molecule has 0 aliphatic rings. The summed E-state index contributed by atoms with van der Waals surface area (Å²) in [5.41, 5.74) is 1.30. The van der Waals surface area contributed by atoms with Crippen molar-refractivity contribution in [2.45, 2.75) is 26.2 Å². The molecular weight excluding hydrogens is 293 g/mol. The molecule has 1 amide bonds. The molecule has 0 bridgehead atoms. The number of carbonyl (C=O) groups excluding carboxylic acids is 1. The van der Waals surface area contributed by atoms with Crippen molar-refractivity contribution >= 4 is 23.2 Å². The van der Waals surface area contributed by atoms with E-state index in [1.807, 2.05) is 20.8 Å². The molecule has 0 saturated heterocycles. The van der Waals surface area contributed by atoms with E-state index in [9.17, 15) is 9.18 Å². The van der Waals surface area contributed by atoms with Gasteiger partial charge in [-0.1, -0.05) is 32.4 Å². The first kappa shape index (κ1) is 15.4. The summed E-state index contributed by atoms with van der Waals surface area (Å²) in [6.07, 6.45) is 1.25. The highest BCUT2D eigenvalue weighted by molar-refractivity contribution is 6.29. The van der Waals surface area contributed by atoms with Gasteiger partial charge in [0.2, 0.25) is 5.95 Å². The van der Waals surface area contributed by atoms with Crippen LogP contribution in [-0.2, 0) is 5.41 Å². The summed E-state index contributed by atoms with van der Waals surface area (Å²) in [5.74, 6) is -0.951. The van der Waals surface area contributed by atoms with E-state index in [0.717, 1.165) is 5.69 Å². The molecule has 0 spiro atoms. The summed E-state index contributed by atoms with van der Waals surface area (Å²) in [7, 11) is 0. The zero-order valence-corrected chi connectivity index (χ0v) is 12.7. The van der Waals surface area contributed by atoms with E-state index in [1.165, 1.54) is 24.4 Å². The predicted octanol–water partition coefficient (Wildman–Crippen LogP) is 3.82. The first-order valence-electron chi connectivity index (χ1n) is 6.37. The number of carbonyl (C=O) groups is 1. The Bertz CT molecular complexity index is 666. The Morgan fingerprint density at radius 1 is 1.29 bits per heavy atom. The maximum absolute atomic E-state index is 12.7. The molecule has 0 atom stereocenters. The van der Waals surface area contributed by atoms with Gasteiger partial charge >= 0.3 is 0 Å². The Labute approximate surface area is 127 Å². The third-order valence-corrected chi connectivity index (χ3v) is 3.00. The van der Waals surface area contributed by atoms with Crippen molar-refractivity contribution in [3.63, 3.8) is 0 Å². The lowest BCUT2D eigenvalue weighted by molar-refractivity contribution is 0.102. The van der Waals surface area contributed by atoms with Crippen molar-refractivity contribution in [2.75, 3.05) is 5.32 Å². The van der Waals surface area contributed by atoms with Crippen LogP contribution in [0.15, 0.2) is 30.5 Å². The van der Waals surface area contributed by atoms with E-state index < -0.39 is 5.95 Å². The Hall–Kier alpha value is -2.01. The number of pyridine rings is 2. The molecule has 0 unspecified atom stereocenters. The van der Waals surface area contributed by atoms with E-state index in [2.05, 4.69) is 15.3 Å². The molecule has 2 aromatic heterocycles. The fourth-order valence-corrected chi connectivity index (χ4v) is 1.87. The fraction of sp³-hybridized carbons (Fsp3) is 0.267. The molecule has 0 radical (unpaired) electrons. The van der Waals surface area contributed by atoms with Gasteiger partial charge in [-0.3, -0.25) is 4.79 Å². The summed E-state index contributed by atoms with van der Waals surface area (Å²) in [6, 6.07) is 5.80. The zero-order chi connectivity index (χ0) is 15.6. The van der Waals surface area contributed by atoms with Crippen LogP contribution in [0.25, 0.3) is 0 Å². The number of anilines is 1. The number of nitrogens with one attached hydrogen (secondary N) is 1. The van der Waals surface area contributed by atoms with Crippen molar-refractivity contribution < 1.29 is 9.18 Å². The first-order valence-corrected chi connectivity index (χ1v) is 6.74. The van der Waals surface area contributed by atoms with E-state index in [-0.39, 0.29) is 16.5 Å². The van der Waals surface area contributed by atoms with Crippen LogP contribution < -0.4 is 5.32 Å². The average Bonchev–Trinajstić information content (AvgIpc) is 2.39. The molecule has 2 aromatic rings. The van der Waals surface area contributed by atoms with Gasteiger partial charge in [-0.2, -0.15) is 4.39 Å². The highest BCUT2D eigenvalue weighted by Crippen LogP contribution is 2.23. The van der Waals surface area contributed by atoms with Gasteiger partial charge in [0.15, 0.2) is 0 Å². The Balaban J connectivity index is 2.27. The maximum Gasteiger partial charge on any atom is 0.255 e. The van der Waals surface area contributed by atoms with Crippen LogP contribution in [0, 0.1) is 5.95 Å². The molecule has 0 saturated carbocycles. The molecule has 0 aliphatic heterocycles. The molecule has 21 heavy (non-hydrogen) atoms. The SMILES string of the molecule is CC(C)(C)c1cc(C(=O)Nc2ccc(F)nc2)cc(Cl)n1. The largest absolute Gasteiger partial charge is 0.321 e. The standard InChI is InChI=1S/C15H15ClFN3O/c1-15(2,3)11-6-9(7-12(16)20-11)14(21)19-10-4-5-13(17)18-8-10/h4-8H,1-3H3,(H,19,21). The molecule has 110 valence electrons. The first-order chi connectivity index (χ1) is 9.75. The second-order valence-corrected chi connectivity index (χ2v) is 6.02. The second-order valence-electron chi connectivity index (χ2n) is 5.64. The van der Waals surface area contributed by atoms with Crippen LogP contribution in [0.1, 0.15) is 36.8 Å². The minimum Gasteiger partial charge on any atom is -0.321 e. The number of hydrogen-bond donors (Lipinski definition) is 1. The van der Waals surface area contributed by atoms with Crippen LogP contribution in [0.4, 0.5) is 10.1 Å². The second kappa shape index (κ2) is 5.77. The number of amides is 1. The molecule has 6 heteroatoms. The highest BCUT2D eigenvalue weighted by atomic mass is 35.5. The van der Waals surface area contributed by atoms with Crippen molar-refractivity contribution in [3.05, 3.63) is 52.8 Å². The minimum atomic E-state index is -0.602. The average molecular weight is 308 g/mol. The van der Waals surface area contributed by atoms with E-state index >= 15 is 0 Å². The van der Waals surface area contributed by atoms with Crippen molar-refractivity contribution in [3.8, 4) is 0 Å². The molecule has 0 fully saturated rings. The monoisotopic (exact) mass is 307 g/mol. The number of aromatic nitrogens is 2. The van der Waals surface area contributed by atoms with E-state index in [1.54, 1.807) is 6.07 Å². The van der Waals surface area contributed by atoms with Crippen LogP contribution >= 0.6 is 11.6 Å². The van der Waals surface area contributed by atoms with Gasteiger partial charge in [0, 0.05) is 16.7 Å². The smallest absolute Gasteiger partial charge is 0.255 e. The normalized spacial score (nSPS) is 11.3. The molecule has 4 nitrogen and oxygen atoms in total. The summed E-state index contributed by atoms with van der Waals surface area (Å²) in [5, 5.41) is 2.89. The van der Waals surface area contributed by atoms with E-state index in [0.29, 0.717) is 11.3 Å². The van der Waals surface area contributed by atoms with Crippen molar-refractivity contribution in [1.29, 1.82) is 0 Å². The van der Waals surface area contributed by atoms with Gasteiger partial charge in [-0.25, -0.2) is 9.97 Å². The minimum absolute atomic E-state index is 0.225. The summed E-state index contributed by atoms with van der Waals surface area (Å²) >= 11 is 5.97. The van der Waals surface area contributed by atoms with Gasteiger partial charge in [0.25, 0.3) is 5.91 Å². The summed E-state index contributed by atoms with van der Waals surface area (Å²) < 4.78 is 12.7. The quantitative estimate of drug-likeness (QED) is 0.858. The molecule has 2 heterocycles. The van der Waals surface area contributed by atoms with Gasteiger partial charge in [0.05, 0.1) is 11.9 Å². The Morgan fingerprint density at radius 3 is 2.57 bits per heavy atom. The lowest BCUT2D eigenvalue weighted by Crippen LogP contribution is -2.17. The number of hydrogen-bond acceptors (Lipinski definition) is 3. The molecular formula is C15H15ClFN3O. The van der Waals surface area contributed by atoms with Gasteiger partial charge in [-0.05, 0) is 24.3 Å². The van der Waals surface area contributed by atoms with Crippen LogP contribution in [-0.4, -0.2) is 15.9 Å². The summed E-state index contributed by atoms with van der Waals surface area (Å²) in [6.45, 7) is 5.95. The third-order valence-electron chi connectivity index (χ3n) is 2.81. The Morgan fingerprint density at radius 2 is 2.00 bits per heavy atom. The van der Waals surface area contributed by atoms with Crippen molar-refractivity contribution in [2.24, 2.45) is 0 Å². The molecule has 2 rings (SSSR count). The zero-order valence-electron chi connectivity index (χ0n) is 11.9. The number of rotatable bonds is 2. The van der Waals surface area contributed by atoms with Crippen LogP contribution in [0.3, 0.4) is 0 Å². The topological polar surface area (TPSA) is 54.9 Å². The van der Waals surface area contributed by atoms with E-state index in [4.69, 9.17) is 11.6 Å². The lowest BCUT2D eigenvalue weighted by atomic mass is 9.91. The lowest BCUT2D eigenvalue weighted by Gasteiger charge is -2.18. The third kappa shape index (κ3) is 3.98. The Kier molecular flexibility index (Phi) is 4.23. The van der Waals surface area contributed by atoms with Gasteiger partial charge < -0.3 is 5.32 Å². The van der Waals surface area contributed by atoms with Gasteiger partial charge in [-0.15, -0.1) is 0 Å². The van der Waals surface area contributed by atoms with Crippen LogP contribution in [0.5, 0.6) is 0 Å².